The van der Waals surface area contributed by atoms with Crippen molar-refractivity contribution in [1.82, 2.24) is 9.62 Å². The van der Waals surface area contributed by atoms with Crippen LogP contribution >= 0.6 is 0 Å². The first kappa shape index (κ1) is 10.8. The number of rotatable bonds is 1. The van der Waals surface area contributed by atoms with Crippen LogP contribution in [0.25, 0.3) is 0 Å². The van der Waals surface area contributed by atoms with Gasteiger partial charge in [-0.05, 0) is 38.5 Å². The van der Waals surface area contributed by atoms with Gasteiger partial charge in [0.05, 0.1) is 6.26 Å². The maximum atomic E-state index is 11.9. The van der Waals surface area contributed by atoms with Crippen molar-refractivity contribution in [2.24, 2.45) is 5.41 Å². The molecule has 2 saturated carbocycles. The average Bonchev–Trinajstić information content (AvgIpc) is 3.04. The van der Waals surface area contributed by atoms with Gasteiger partial charge in [-0.15, -0.1) is 0 Å². The zero-order valence-electron chi connectivity index (χ0n) is 10.3. The van der Waals surface area contributed by atoms with Gasteiger partial charge in [0.15, 0.2) is 0 Å². The molecule has 2 saturated heterocycles. The summed E-state index contributed by atoms with van der Waals surface area (Å²) in [5.74, 6) is 0. The molecule has 0 bridgehead atoms. The summed E-state index contributed by atoms with van der Waals surface area (Å²) in [6.07, 6.45) is 8.42. The van der Waals surface area contributed by atoms with Crippen LogP contribution in [0.15, 0.2) is 0 Å². The molecule has 4 fully saturated rings. The quantitative estimate of drug-likeness (QED) is 0.751. The second-order valence-electron chi connectivity index (χ2n) is 6.98. The predicted octanol–water partition coefficient (Wildman–Crippen LogP) is 0.697. The molecule has 1 N–H and O–H groups in total. The summed E-state index contributed by atoms with van der Waals surface area (Å²) >= 11 is 0. The van der Waals surface area contributed by atoms with E-state index >= 15 is 0 Å². The molecule has 4 rings (SSSR count). The molecule has 0 radical (unpaired) electrons. The van der Waals surface area contributed by atoms with E-state index in [9.17, 15) is 8.42 Å². The molecule has 96 valence electrons. The lowest BCUT2D eigenvalue weighted by atomic mass is 9.82. The van der Waals surface area contributed by atoms with Gasteiger partial charge in [-0.2, -0.15) is 4.31 Å². The topological polar surface area (TPSA) is 49.4 Å². The van der Waals surface area contributed by atoms with Crippen LogP contribution in [0, 0.1) is 5.41 Å². The molecule has 17 heavy (non-hydrogen) atoms. The first-order chi connectivity index (χ1) is 7.87. The Morgan fingerprint density at radius 3 is 2.24 bits per heavy atom. The highest BCUT2D eigenvalue weighted by Gasteiger charge is 2.66. The summed E-state index contributed by atoms with van der Waals surface area (Å²) < 4.78 is 25.6. The molecule has 0 amide bonds. The minimum atomic E-state index is -3.02. The number of sulfonamides is 1. The van der Waals surface area contributed by atoms with Crippen LogP contribution < -0.4 is 5.32 Å². The fraction of sp³-hybridized carbons (Fsp3) is 1.00. The summed E-state index contributed by atoms with van der Waals surface area (Å²) in [4.78, 5) is 0. The van der Waals surface area contributed by atoms with Crippen LogP contribution in [0.5, 0.6) is 0 Å². The Hall–Kier alpha value is -0.130. The highest BCUT2D eigenvalue weighted by Crippen LogP contribution is 2.62. The van der Waals surface area contributed by atoms with Crippen LogP contribution in [0.3, 0.4) is 0 Å². The molecule has 0 aromatic heterocycles. The van der Waals surface area contributed by atoms with Gasteiger partial charge < -0.3 is 5.32 Å². The van der Waals surface area contributed by atoms with Crippen LogP contribution in [0.4, 0.5) is 0 Å². The second kappa shape index (κ2) is 2.73. The van der Waals surface area contributed by atoms with Crippen LogP contribution in [0.2, 0.25) is 0 Å². The maximum Gasteiger partial charge on any atom is 0.211 e. The van der Waals surface area contributed by atoms with Crippen molar-refractivity contribution >= 4 is 10.0 Å². The third-order valence-corrected chi connectivity index (χ3v) is 6.66. The van der Waals surface area contributed by atoms with E-state index in [1.165, 1.54) is 25.5 Å². The zero-order chi connectivity index (χ0) is 11.9. The Balaban J connectivity index is 1.66. The summed E-state index contributed by atoms with van der Waals surface area (Å²) in [6.45, 7) is 1.79. The Morgan fingerprint density at radius 2 is 1.82 bits per heavy atom. The van der Waals surface area contributed by atoms with Crippen LogP contribution in [-0.4, -0.2) is 43.1 Å². The van der Waals surface area contributed by atoms with Gasteiger partial charge in [-0.25, -0.2) is 8.42 Å². The normalized spacial score (nSPS) is 41.7. The number of hydrogen-bond donors (Lipinski definition) is 1. The lowest BCUT2D eigenvalue weighted by Gasteiger charge is -2.22. The molecule has 2 heterocycles. The molecule has 2 aliphatic carbocycles. The van der Waals surface area contributed by atoms with E-state index in [1.807, 2.05) is 4.31 Å². The lowest BCUT2D eigenvalue weighted by Crippen LogP contribution is -2.37. The molecular formula is C12H20N2O2S. The van der Waals surface area contributed by atoms with Gasteiger partial charge in [0.1, 0.15) is 0 Å². The molecule has 5 heteroatoms. The first-order valence-electron chi connectivity index (χ1n) is 6.60. The van der Waals surface area contributed by atoms with Crippen molar-refractivity contribution in [3.05, 3.63) is 0 Å². The summed E-state index contributed by atoms with van der Waals surface area (Å²) in [6, 6.07) is 0. The lowest BCUT2D eigenvalue weighted by molar-refractivity contribution is 0.328. The zero-order valence-corrected chi connectivity index (χ0v) is 11.1. The summed E-state index contributed by atoms with van der Waals surface area (Å²) in [5, 5.41) is 3.66. The minimum absolute atomic E-state index is 0.0235. The second-order valence-corrected chi connectivity index (χ2v) is 8.89. The van der Waals surface area contributed by atoms with E-state index in [-0.39, 0.29) is 11.0 Å². The molecule has 1 unspecified atom stereocenters. The minimum Gasteiger partial charge on any atom is -0.311 e. The van der Waals surface area contributed by atoms with Crippen molar-refractivity contribution in [2.75, 3.05) is 19.3 Å². The molecule has 1 atom stereocenters. The smallest absolute Gasteiger partial charge is 0.211 e. The number of hydrogen-bond acceptors (Lipinski definition) is 3. The third-order valence-electron chi connectivity index (χ3n) is 5.34. The van der Waals surface area contributed by atoms with Crippen LogP contribution in [-0.2, 0) is 10.0 Å². The number of nitrogens with zero attached hydrogens (tertiary/aromatic N) is 1. The Labute approximate surface area is 103 Å². The van der Waals surface area contributed by atoms with Gasteiger partial charge in [0.25, 0.3) is 0 Å². The standard InChI is InChI=1S/C12H20N2O2S/c1-17(15,16)14-9-10(7-12(14)4-5-12)6-11(2-3-11)13-8-10/h13H,2-9H2,1H3. The Bertz CT molecular complexity index is 479. The SMILES string of the molecule is CS(=O)(=O)N1CC2(CNC3(CC3)C2)CC12CC2. The molecule has 0 aromatic carbocycles. The maximum absolute atomic E-state index is 11.9. The Morgan fingerprint density at radius 1 is 1.12 bits per heavy atom. The van der Waals surface area contributed by atoms with Gasteiger partial charge in [-0.3, -0.25) is 0 Å². The van der Waals surface area contributed by atoms with E-state index in [1.54, 1.807) is 0 Å². The fourth-order valence-corrected chi connectivity index (χ4v) is 5.77. The average molecular weight is 256 g/mol. The van der Waals surface area contributed by atoms with Crippen molar-refractivity contribution in [2.45, 2.75) is 49.6 Å². The molecule has 4 aliphatic rings. The van der Waals surface area contributed by atoms with Crippen molar-refractivity contribution in [3.63, 3.8) is 0 Å². The van der Waals surface area contributed by atoms with Gasteiger partial charge in [-0.1, -0.05) is 0 Å². The first-order valence-corrected chi connectivity index (χ1v) is 8.45. The van der Waals surface area contributed by atoms with Crippen molar-refractivity contribution in [3.8, 4) is 0 Å². The molecule has 3 spiro atoms. The largest absolute Gasteiger partial charge is 0.311 e. The van der Waals surface area contributed by atoms with E-state index in [4.69, 9.17) is 0 Å². The van der Waals surface area contributed by atoms with Crippen molar-refractivity contribution < 1.29 is 8.42 Å². The Kier molecular flexibility index (Phi) is 1.73. The van der Waals surface area contributed by atoms with E-state index in [0.29, 0.717) is 5.54 Å². The monoisotopic (exact) mass is 256 g/mol. The molecule has 4 nitrogen and oxygen atoms in total. The van der Waals surface area contributed by atoms with E-state index in [2.05, 4.69) is 5.32 Å². The van der Waals surface area contributed by atoms with Gasteiger partial charge in [0, 0.05) is 29.6 Å². The van der Waals surface area contributed by atoms with Gasteiger partial charge in [0.2, 0.25) is 10.0 Å². The van der Waals surface area contributed by atoms with Crippen LogP contribution in [0.1, 0.15) is 38.5 Å². The van der Waals surface area contributed by atoms with E-state index in [0.717, 1.165) is 32.4 Å². The number of nitrogens with one attached hydrogen (secondary N) is 1. The fourth-order valence-electron chi connectivity index (χ4n) is 4.31. The summed E-state index contributed by atoms with van der Waals surface area (Å²) in [7, 11) is -3.02. The molecule has 0 aromatic rings. The van der Waals surface area contributed by atoms with E-state index < -0.39 is 10.0 Å². The van der Waals surface area contributed by atoms with Gasteiger partial charge >= 0.3 is 0 Å². The molecular weight excluding hydrogens is 236 g/mol. The predicted molar refractivity (Wildman–Crippen MR) is 65.1 cm³/mol. The highest BCUT2D eigenvalue weighted by molar-refractivity contribution is 7.88. The third kappa shape index (κ3) is 1.45. The highest BCUT2D eigenvalue weighted by atomic mass is 32.2. The molecule has 2 aliphatic heterocycles. The summed E-state index contributed by atoms with van der Waals surface area (Å²) in [5.41, 5.74) is 0.676. The van der Waals surface area contributed by atoms with Crippen molar-refractivity contribution in [1.29, 1.82) is 0 Å².